The fourth-order valence-electron chi connectivity index (χ4n) is 2.89. The summed E-state index contributed by atoms with van der Waals surface area (Å²) < 4.78 is 0. The number of rotatable bonds is 6. The maximum atomic E-state index is 10.1. The van der Waals surface area contributed by atoms with E-state index in [9.17, 15) is 5.11 Å². The van der Waals surface area contributed by atoms with E-state index in [0.29, 0.717) is 17.4 Å². The highest BCUT2D eigenvalue weighted by Gasteiger charge is 2.27. The highest BCUT2D eigenvalue weighted by Crippen LogP contribution is 2.34. The van der Waals surface area contributed by atoms with Crippen molar-refractivity contribution in [2.24, 2.45) is 11.3 Å². The monoisotopic (exact) mass is 241 g/mol. The van der Waals surface area contributed by atoms with Crippen molar-refractivity contribution in [1.82, 2.24) is 5.32 Å². The zero-order valence-electron chi connectivity index (χ0n) is 12.1. The molecule has 0 bridgehead atoms. The van der Waals surface area contributed by atoms with Gasteiger partial charge in [0.25, 0.3) is 0 Å². The Kier molecular flexibility index (Phi) is 5.94. The minimum atomic E-state index is -0.167. The second kappa shape index (κ2) is 6.75. The average Bonchev–Trinajstić information content (AvgIpc) is 2.29. The second-order valence-corrected chi connectivity index (χ2v) is 6.49. The number of hydrogen-bond donors (Lipinski definition) is 2. The third kappa shape index (κ3) is 4.97. The van der Waals surface area contributed by atoms with Crippen molar-refractivity contribution in [2.75, 3.05) is 6.54 Å². The molecule has 0 aromatic heterocycles. The minimum absolute atomic E-state index is 0.167. The van der Waals surface area contributed by atoms with Crippen molar-refractivity contribution in [3.63, 3.8) is 0 Å². The Morgan fingerprint density at radius 1 is 1.18 bits per heavy atom. The molecule has 1 aliphatic rings. The van der Waals surface area contributed by atoms with Crippen LogP contribution in [-0.4, -0.2) is 23.8 Å². The third-order valence-electron chi connectivity index (χ3n) is 4.55. The molecule has 0 amide bonds. The Morgan fingerprint density at radius 3 is 2.18 bits per heavy atom. The standard InChI is InChI=1S/C15H31NO/c1-5-12(6-2)14(17)11-16-13-7-9-15(3,4)10-8-13/h12-14,16-17H,5-11H2,1-4H3. The van der Waals surface area contributed by atoms with Crippen LogP contribution in [0.5, 0.6) is 0 Å². The average molecular weight is 241 g/mol. The van der Waals surface area contributed by atoms with Gasteiger partial charge in [0.2, 0.25) is 0 Å². The van der Waals surface area contributed by atoms with Crippen molar-refractivity contribution < 1.29 is 5.11 Å². The number of aliphatic hydroxyl groups excluding tert-OH is 1. The van der Waals surface area contributed by atoms with Gasteiger partial charge in [-0.25, -0.2) is 0 Å². The number of nitrogens with one attached hydrogen (secondary N) is 1. The fourth-order valence-corrected chi connectivity index (χ4v) is 2.89. The molecule has 0 aliphatic heterocycles. The lowest BCUT2D eigenvalue weighted by Gasteiger charge is -2.35. The van der Waals surface area contributed by atoms with E-state index in [2.05, 4.69) is 33.0 Å². The lowest BCUT2D eigenvalue weighted by molar-refractivity contribution is 0.0928. The van der Waals surface area contributed by atoms with Crippen LogP contribution in [0.25, 0.3) is 0 Å². The van der Waals surface area contributed by atoms with E-state index >= 15 is 0 Å². The fraction of sp³-hybridized carbons (Fsp3) is 1.00. The van der Waals surface area contributed by atoms with E-state index in [1.54, 1.807) is 0 Å². The molecule has 0 aromatic carbocycles. The molecule has 1 aliphatic carbocycles. The highest BCUT2D eigenvalue weighted by atomic mass is 16.3. The van der Waals surface area contributed by atoms with Gasteiger partial charge >= 0.3 is 0 Å². The quantitative estimate of drug-likeness (QED) is 0.747. The summed E-state index contributed by atoms with van der Waals surface area (Å²) in [6, 6.07) is 0.632. The van der Waals surface area contributed by atoms with Gasteiger partial charge in [-0.05, 0) is 37.0 Å². The smallest absolute Gasteiger partial charge is 0.0692 e. The number of aliphatic hydroxyl groups is 1. The van der Waals surface area contributed by atoms with Gasteiger partial charge in [-0.15, -0.1) is 0 Å². The van der Waals surface area contributed by atoms with Crippen molar-refractivity contribution in [3.8, 4) is 0 Å². The third-order valence-corrected chi connectivity index (χ3v) is 4.55. The summed E-state index contributed by atoms with van der Waals surface area (Å²) in [4.78, 5) is 0. The molecule has 2 nitrogen and oxygen atoms in total. The predicted molar refractivity (Wildman–Crippen MR) is 74.1 cm³/mol. The molecule has 1 rings (SSSR count). The molecular weight excluding hydrogens is 210 g/mol. The second-order valence-electron chi connectivity index (χ2n) is 6.49. The molecule has 0 radical (unpaired) electrons. The van der Waals surface area contributed by atoms with E-state index < -0.39 is 0 Å². The zero-order chi connectivity index (χ0) is 12.9. The minimum Gasteiger partial charge on any atom is -0.392 e. The van der Waals surface area contributed by atoms with Crippen LogP contribution in [0.1, 0.15) is 66.2 Å². The maximum absolute atomic E-state index is 10.1. The normalized spacial score (nSPS) is 22.9. The topological polar surface area (TPSA) is 32.3 Å². The van der Waals surface area contributed by atoms with Gasteiger partial charge in [-0.2, -0.15) is 0 Å². The van der Waals surface area contributed by atoms with Crippen molar-refractivity contribution in [1.29, 1.82) is 0 Å². The van der Waals surface area contributed by atoms with Crippen molar-refractivity contribution in [3.05, 3.63) is 0 Å². The molecule has 0 saturated heterocycles. The van der Waals surface area contributed by atoms with E-state index in [0.717, 1.165) is 19.4 Å². The molecule has 2 N–H and O–H groups in total. The van der Waals surface area contributed by atoms with Gasteiger partial charge in [0.15, 0.2) is 0 Å². The molecule has 0 spiro atoms. The van der Waals surface area contributed by atoms with Crippen LogP contribution in [0.4, 0.5) is 0 Å². The Labute approximate surface area is 107 Å². The molecular formula is C15H31NO. The first-order valence-corrected chi connectivity index (χ1v) is 7.40. The van der Waals surface area contributed by atoms with Crippen molar-refractivity contribution in [2.45, 2.75) is 78.4 Å². The van der Waals surface area contributed by atoms with Gasteiger partial charge in [0.05, 0.1) is 6.10 Å². The Morgan fingerprint density at radius 2 is 1.71 bits per heavy atom. The molecule has 2 heteroatoms. The van der Waals surface area contributed by atoms with Crippen LogP contribution in [0.2, 0.25) is 0 Å². The van der Waals surface area contributed by atoms with Crippen LogP contribution >= 0.6 is 0 Å². The predicted octanol–water partition coefficient (Wildman–Crippen LogP) is 3.34. The summed E-state index contributed by atoms with van der Waals surface area (Å²) in [6.07, 6.45) is 7.15. The van der Waals surface area contributed by atoms with Crippen LogP contribution in [-0.2, 0) is 0 Å². The molecule has 102 valence electrons. The SMILES string of the molecule is CCC(CC)C(O)CNC1CCC(C)(C)CC1. The van der Waals surface area contributed by atoms with Gasteiger partial charge < -0.3 is 10.4 Å². The molecule has 0 heterocycles. The molecule has 1 unspecified atom stereocenters. The molecule has 1 atom stereocenters. The van der Waals surface area contributed by atoms with Gasteiger partial charge in [-0.1, -0.05) is 40.5 Å². The Bertz CT molecular complexity index is 201. The summed E-state index contributed by atoms with van der Waals surface area (Å²) >= 11 is 0. The van der Waals surface area contributed by atoms with Gasteiger partial charge in [0, 0.05) is 12.6 Å². The first kappa shape index (κ1) is 15.0. The summed E-state index contributed by atoms with van der Waals surface area (Å²) in [5, 5.41) is 13.6. The van der Waals surface area contributed by atoms with Gasteiger partial charge in [-0.3, -0.25) is 0 Å². The molecule has 0 aromatic rings. The summed E-state index contributed by atoms with van der Waals surface area (Å²) in [5.41, 5.74) is 0.534. The first-order valence-electron chi connectivity index (χ1n) is 7.40. The zero-order valence-corrected chi connectivity index (χ0v) is 12.1. The van der Waals surface area contributed by atoms with Crippen LogP contribution in [0, 0.1) is 11.3 Å². The first-order chi connectivity index (χ1) is 7.98. The summed E-state index contributed by atoms with van der Waals surface area (Å²) in [5.74, 6) is 0.461. The Hall–Kier alpha value is -0.0800. The van der Waals surface area contributed by atoms with Crippen molar-refractivity contribution >= 4 is 0 Å². The summed E-state index contributed by atoms with van der Waals surface area (Å²) in [6.45, 7) is 9.84. The summed E-state index contributed by atoms with van der Waals surface area (Å²) in [7, 11) is 0. The van der Waals surface area contributed by atoms with E-state index in [1.165, 1.54) is 25.7 Å². The van der Waals surface area contributed by atoms with E-state index in [4.69, 9.17) is 0 Å². The Balaban J connectivity index is 2.23. The van der Waals surface area contributed by atoms with Crippen LogP contribution < -0.4 is 5.32 Å². The van der Waals surface area contributed by atoms with Gasteiger partial charge in [0.1, 0.15) is 0 Å². The lowest BCUT2D eigenvalue weighted by atomic mass is 9.75. The molecule has 1 saturated carbocycles. The highest BCUT2D eigenvalue weighted by molar-refractivity contribution is 4.83. The van der Waals surface area contributed by atoms with Crippen LogP contribution in [0.15, 0.2) is 0 Å². The number of hydrogen-bond acceptors (Lipinski definition) is 2. The molecule has 17 heavy (non-hydrogen) atoms. The van der Waals surface area contributed by atoms with E-state index in [1.807, 2.05) is 0 Å². The lowest BCUT2D eigenvalue weighted by Crippen LogP contribution is -2.41. The largest absolute Gasteiger partial charge is 0.392 e. The maximum Gasteiger partial charge on any atom is 0.0692 e. The van der Waals surface area contributed by atoms with Crippen LogP contribution in [0.3, 0.4) is 0 Å². The molecule has 1 fully saturated rings. The van der Waals surface area contributed by atoms with E-state index in [-0.39, 0.29) is 6.10 Å².